The fourth-order valence-corrected chi connectivity index (χ4v) is 1.41. The average Bonchev–Trinajstić information content (AvgIpc) is 2.69. The number of benzene rings is 1. The van der Waals surface area contributed by atoms with Crippen molar-refractivity contribution in [3.63, 3.8) is 0 Å². The molecule has 0 aliphatic carbocycles. The van der Waals surface area contributed by atoms with E-state index >= 15 is 0 Å². The van der Waals surface area contributed by atoms with Gasteiger partial charge in [-0.25, -0.2) is 4.39 Å². The molecule has 5 nitrogen and oxygen atoms in total. The van der Waals surface area contributed by atoms with Gasteiger partial charge in [0, 0.05) is 12.1 Å². The number of nitrogens with one attached hydrogen (secondary N) is 1. The molecule has 2 N–H and O–H groups in total. The van der Waals surface area contributed by atoms with Crippen LogP contribution in [0.2, 0.25) is 0 Å². The Morgan fingerprint density at radius 3 is 2.94 bits per heavy atom. The van der Waals surface area contributed by atoms with Crippen molar-refractivity contribution in [3.8, 4) is 5.75 Å². The van der Waals surface area contributed by atoms with Crippen LogP contribution in [0.15, 0.2) is 22.7 Å². The van der Waals surface area contributed by atoms with E-state index in [1.54, 1.807) is 6.92 Å². The molecule has 0 spiro atoms. The van der Waals surface area contributed by atoms with E-state index in [1.807, 2.05) is 0 Å². The third-order valence-corrected chi connectivity index (χ3v) is 2.20. The molecule has 0 radical (unpaired) electrons. The normalized spacial score (nSPS) is 10.7. The number of aryl methyl sites for hydroxylation is 1. The number of phenolic OH excluding ortho intramolecular Hbond substituents is 1. The molecule has 0 aliphatic heterocycles. The zero-order valence-electron chi connectivity index (χ0n) is 9.27. The van der Waals surface area contributed by atoms with Crippen LogP contribution in [-0.4, -0.2) is 15.2 Å². The van der Waals surface area contributed by atoms with Gasteiger partial charge < -0.3 is 14.9 Å². The van der Waals surface area contributed by atoms with Gasteiger partial charge in [0.25, 0.3) is 0 Å². The summed E-state index contributed by atoms with van der Waals surface area (Å²) in [6, 6.07) is 3.81. The summed E-state index contributed by atoms with van der Waals surface area (Å²) in [6.45, 7) is 2.42. The number of aromatic nitrogens is 2. The first-order chi connectivity index (χ1) is 8.15. The van der Waals surface area contributed by atoms with Crippen molar-refractivity contribution < 1.29 is 14.0 Å². The summed E-state index contributed by atoms with van der Waals surface area (Å²) in [5.74, 6) is 0.697. The minimum absolute atomic E-state index is 0.0561. The summed E-state index contributed by atoms with van der Waals surface area (Å²) in [7, 11) is 0. The first-order valence-corrected chi connectivity index (χ1v) is 5.12. The lowest BCUT2D eigenvalue weighted by Crippen LogP contribution is -2.13. The average molecular weight is 237 g/mol. The number of hydrogen-bond donors (Lipinski definition) is 2. The Morgan fingerprint density at radius 1 is 1.41 bits per heavy atom. The van der Waals surface area contributed by atoms with E-state index in [0.29, 0.717) is 30.4 Å². The van der Waals surface area contributed by atoms with E-state index in [0.717, 1.165) is 0 Å². The lowest BCUT2D eigenvalue weighted by molar-refractivity contribution is 0.363. The lowest BCUT2D eigenvalue weighted by Gasteiger charge is -2.04. The SMILES string of the molecule is Cc1noc(CNCc2cc(F)ccc2O)n1. The molecular formula is C11H12FN3O2. The summed E-state index contributed by atoms with van der Waals surface area (Å²) < 4.78 is 17.8. The molecule has 1 heterocycles. The van der Waals surface area contributed by atoms with Crippen molar-refractivity contribution >= 4 is 0 Å². The van der Waals surface area contributed by atoms with Gasteiger partial charge in [-0.15, -0.1) is 0 Å². The van der Waals surface area contributed by atoms with Gasteiger partial charge >= 0.3 is 0 Å². The highest BCUT2D eigenvalue weighted by atomic mass is 19.1. The Kier molecular flexibility index (Phi) is 3.34. The van der Waals surface area contributed by atoms with Gasteiger partial charge in [0.15, 0.2) is 5.82 Å². The first-order valence-electron chi connectivity index (χ1n) is 5.12. The Bertz CT molecular complexity index is 513. The van der Waals surface area contributed by atoms with Crippen LogP contribution in [0.4, 0.5) is 4.39 Å². The molecule has 0 saturated carbocycles. The molecule has 2 rings (SSSR count). The molecule has 0 unspecified atom stereocenters. The molecule has 0 fully saturated rings. The number of phenols is 1. The van der Waals surface area contributed by atoms with Gasteiger partial charge in [0.2, 0.25) is 5.89 Å². The molecular weight excluding hydrogens is 225 g/mol. The maximum absolute atomic E-state index is 12.9. The molecule has 0 atom stereocenters. The molecule has 0 amide bonds. The number of rotatable bonds is 4. The summed E-state index contributed by atoms with van der Waals surface area (Å²) in [5.41, 5.74) is 0.487. The highest BCUT2D eigenvalue weighted by Gasteiger charge is 2.05. The van der Waals surface area contributed by atoms with Crippen molar-refractivity contribution in [2.45, 2.75) is 20.0 Å². The van der Waals surface area contributed by atoms with Crippen LogP contribution in [-0.2, 0) is 13.1 Å². The van der Waals surface area contributed by atoms with Crippen molar-refractivity contribution in [1.29, 1.82) is 0 Å². The van der Waals surface area contributed by atoms with Crippen LogP contribution in [0, 0.1) is 12.7 Å². The summed E-state index contributed by atoms with van der Waals surface area (Å²) in [4.78, 5) is 4.00. The van der Waals surface area contributed by atoms with E-state index < -0.39 is 0 Å². The largest absolute Gasteiger partial charge is 0.508 e. The molecule has 17 heavy (non-hydrogen) atoms. The second kappa shape index (κ2) is 4.92. The molecule has 90 valence electrons. The Balaban J connectivity index is 1.91. The van der Waals surface area contributed by atoms with E-state index in [9.17, 15) is 9.50 Å². The van der Waals surface area contributed by atoms with Gasteiger partial charge in [-0.05, 0) is 25.1 Å². The molecule has 1 aromatic heterocycles. The third-order valence-electron chi connectivity index (χ3n) is 2.20. The topological polar surface area (TPSA) is 71.2 Å². The maximum Gasteiger partial charge on any atom is 0.240 e. The maximum atomic E-state index is 12.9. The number of hydrogen-bond acceptors (Lipinski definition) is 5. The van der Waals surface area contributed by atoms with Crippen molar-refractivity contribution in [1.82, 2.24) is 15.5 Å². The van der Waals surface area contributed by atoms with Crippen molar-refractivity contribution in [3.05, 3.63) is 41.3 Å². The third kappa shape index (κ3) is 3.01. The smallest absolute Gasteiger partial charge is 0.240 e. The van der Waals surface area contributed by atoms with Gasteiger partial charge in [0.05, 0.1) is 6.54 Å². The van der Waals surface area contributed by atoms with Crippen LogP contribution in [0.3, 0.4) is 0 Å². The highest BCUT2D eigenvalue weighted by molar-refractivity contribution is 5.32. The van der Waals surface area contributed by atoms with Crippen molar-refractivity contribution in [2.75, 3.05) is 0 Å². The predicted octanol–water partition coefficient (Wildman–Crippen LogP) is 1.51. The van der Waals surface area contributed by atoms with Gasteiger partial charge in [0.1, 0.15) is 11.6 Å². The molecule has 0 saturated heterocycles. The fourth-order valence-electron chi connectivity index (χ4n) is 1.41. The van der Waals surface area contributed by atoms with Crippen LogP contribution in [0.1, 0.15) is 17.3 Å². The Morgan fingerprint density at radius 2 is 2.24 bits per heavy atom. The number of nitrogens with zero attached hydrogens (tertiary/aromatic N) is 2. The minimum Gasteiger partial charge on any atom is -0.508 e. The van der Waals surface area contributed by atoms with E-state index in [2.05, 4.69) is 15.5 Å². The molecule has 0 aliphatic rings. The van der Waals surface area contributed by atoms with Gasteiger partial charge in [-0.2, -0.15) is 4.98 Å². The van der Waals surface area contributed by atoms with E-state index in [-0.39, 0.29) is 11.6 Å². The van der Waals surface area contributed by atoms with Crippen LogP contribution < -0.4 is 5.32 Å². The number of aromatic hydroxyl groups is 1. The molecule has 0 bridgehead atoms. The van der Waals surface area contributed by atoms with Crippen molar-refractivity contribution in [2.24, 2.45) is 0 Å². The minimum atomic E-state index is -0.381. The van der Waals surface area contributed by atoms with E-state index in [1.165, 1.54) is 18.2 Å². The van der Waals surface area contributed by atoms with Crippen LogP contribution >= 0.6 is 0 Å². The fraction of sp³-hybridized carbons (Fsp3) is 0.273. The predicted molar refractivity (Wildman–Crippen MR) is 57.6 cm³/mol. The standard InChI is InChI=1S/C11H12FN3O2/c1-7-14-11(17-15-7)6-13-5-8-4-9(12)2-3-10(8)16/h2-4,13,16H,5-6H2,1H3. The second-order valence-corrected chi connectivity index (χ2v) is 3.61. The number of halogens is 1. The van der Waals surface area contributed by atoms with Crippen LogP contribution in [0.5, 0.6) is 5.75 Å². The Labute approximate surface area is 97.3 Å². The summed E-state index contributed by atoms with van der Waals surface area (Å²) in [6.07, 6.45) is 0. The lowest BCUT2D eigenvalue weighted by atomic mass is 10.2. The second-order valence-electron chi connectivity index (χ2n) is 3.61. The van der Waals surface area contributed by atoms with E-state index in [4.69, 9.17) is 4.52 Å². The van der Waals surface area contributed by atoms with Gasteiger partial charge in [-0.3, -0.25) is 0 Å². The Hall–Kier alpha value is -1.95. The molecule has 1 aromatic carbocycles. The zero-order valence-corrected chi connectivity index (χ0v) is 9.27. The zero-order chi connectivity index (χ0) is 12.3. The summed E-state index contributed by atoms with van der Waals surface area (Å²) in [5, 5.41) is 16.1. The first kappa shape index (κ1) is 11.5. The highest BCUT2D eigenvalue weighted by Crippen LogP contribution is 2.17. The molecule has 2 aromatic rings. The quantitative estimate of drug-likeness (QED) is 0.843. The molecule has 6 heteroatoms. The van der Waals surface area contributed by atoms with Gasteiger partial charge in [-0.1, -0.05) is 5.16 Å². The monoisotopic (exact) mass is 237 g/mol. The summed E-state index contributed by atoms with van der Waals surface area (Å²) >= 11 is 0. The van der Waals surface area contributed by atoms with Crippen LogP contribution in [0.25, 0.3) is 0 Å².